The SMILES string of the molecule is COC(=O)[C@H]1C=C[C@@H](O)[C@@H](O[Si](c2ccccc2)(c2ccccc2)C(C)(C)C)[C@@H]1c1cc(OC)c2c(c1)OCO2. The molecule has 4 atom stereocenters. The Morgan fingerprint density at radius 1 is 0.925 bits per heavy atom. The van der Waals surface area contributed by atoms with E-state index in [4.69, 9.17) is 23.4 Å². The molecule has 1 aliphatic heterocycles. The van der Waals surface area contributed by atoms with Gasteiger partial charge in [0.15, 0.2) is 11.5 Å². The molecule has 0 saturated heterocycles. The van der Waals surface area contributed by atoms with Gasteiger partial charge in [-0.2, -0.15) is 0 Å². The molecule has 0 unspecified atom stereocenters. The molecule has 5 rings (SSSR count). The van der Waals surface area contributed by atoms with Gasteiger partial charge >= 0.3 is 5.97 Å². The van der Waals surface area contributed by atoms with E-state index in [0.717, 1.165) is 15.9 Å². The second-order valence-electron chi connectivity index (χ2n) is 11.2. The summed E-state index contributed by atoms with van der Waals surface area (Å²) < 4.78 is 29.6. The van der Waals surface area contributed by atoms with E-state index in [0.29, 0.717) is 17.2 Å². The lowest BCUT2D eigenvalue weighted by molar-refractivity contribution is -0.146. The molecule has 1 aliphatic carbocycles. The van der Waals surface area contributed by atoms with E-state index in [1.807, 2.05) is 48.5 Å². The predicted octanol–water partition coefficient (Wildman–Crippen LogP) is 4.17. The number of methoxy groups -OCH3 is 2. The third-order valence-corrected chi connectivity index (χ3v) is 12.9. The molecular weight excluding hydrogens is 524 g/mol. The van der Waals surface area contributed by atoms with Crippen LogP contribution in [-0.2, 0) is 14.0 Å². The van der Waals surface area contributed by atoms with Crippen molar-refractivity contribution < 1.29 is 33.3 Å². The topological polar surface area (TPSA) is 83.5 Å². The number of aliphatic hydroxyl groups excluding tert-OH is 1. The third kappa shape index (κ3) is 4.80. The van der Waals surface area contributed by atoms with Crippen molar-refractivity contribution in [1.82, 2.24) is 0 Å². The maximum Gasteiger partial charge on any atom is 0.313 e. The Bertz CT molecular complexity index is 1330. The summed E-state index contributed by atoms with van der Waals surface area (Å²) >= 11 is 0. The van der Waals surface area contributed by atoms with Crippen LogP contribution in [0.25, 0.3) is 0 Å². The normalized spacial score (nSPS) is 22.1. The second kappa shape index (κ2) is 11.1. The summed E-state index contributed by atoms with van der Waals surface area (Å²) in [5.74, 6) is -0.203. The number of benzene rings is 3. The molecule has 0 spiro atoms. The molecule has 40 heavy (non-hydrogen) atoms. The smallest absolute Gasteiger partial charge is 0.313 e. The Morgan fingerprint density at radius 2 is 1.55 bits per heavy atom. The summed E-state index contributed by atoms with van der Waals surface area (Å²) in [5.41, 5.74) is 0.725. The van der Waals surface area contributed by atoms with Crippen LogP contribution < -0.4 is 24.6 Å². The van der Waals surface area contributed by atoms with Crippen molar-refractivity contribution in [3.8, 4) is 17.2 Å². The lowest BCUT2D eigenvalue weighted by atomic mass is 9.76. The van der Waals surface area contributed by atoms with Crippen LogP contribution in [0.15, 0.2) is 84.9 Å². The highest BCUT2D eigenvalue weighted by molar-refractivity contribution is 6.99. The van der Waals surface area contributed by atoms with Gasteiger partial charge in [-0.05, 0) is 33.1 Å². The average molecular weight is 561 g/mol. The molecule has 0 saturated carbocycles. The Morgan fingerprint density at radius 3 is 2.10 bits per heavy atom. The number of fused-ring (bicyclic) bond motifs is 1. The fourth-order valence-electron chi connectivity index (χ4n) is 6.02. The van der Waals surface area contributed by atoms with Crippen LogP contribution in [0, 0.1) is 5.92 Å². The number of esters is 1. The van der Waals surface area contributed by atoms with Gasteiger partial charge in [0, 0.05) is 5.92 Å². The first-order chi connectivity index (χ1) is 19.2. The minimum absolute atomic E-state index is 0.0742. The summed E-state index contributed by atoms with van der Waals surface area (Å²) in [6.07, 6.45) is 1.59. The first kappa shape index (κ1) is 28.0. The molecule has 8 heteroatoms. The van der Waals surface area contributed by atoms with Crippen molar-refractivity contribution in [3.63, 3.8) is 0 Å². The van der Waals surface area contributed by atoms with E-state index in [1.54, 1.807) is 19.3 Å². The van der Waals surface area contributed by atoms with Gasteiger partial charge in [-0.1, -0.05) is 93.6 Å². The Kier molecular flexibility index (Phi) is 7.77. The molecule has 1 heterocycles. The van der Waals surface area contributed by atoms with Crippen LogP contribution in [0.5, 0.6) is 17.2 Å². The summed E-state index contributed by atoms with van der Waals surface area (Å²) in [6, 6.07) is 24.1. The third-order valence-electron chi connectivity index (χ3n) is 7.86. The fourth-order valence-corrected chi connectivity index (χ4v) is 10.7. The first-order valence-electron chi connectivity index (χ1n) is 13.4. The van der Waals surface area contributed by atoms with Gasteiger partial charge in [0.2, 0.25) is 12.5 Å². The van der Waals surface area contributed by atoms with Crippen molar-refractivity contribution in [1.29, 1.82) is 0 Å². The monoisotopic (exact) mass is 560 g/mol. The molecule has 0 bridgehead atoms. The zero-order valence-corrected chi connectivity index (χ0v) is 24.5. The summed E-state index contributed by atoms with van der Waals surface area (Å²) in [4.78, 5) is 13.2. The van der Waals surface area contributed by atoms with E-state index in [2.05, 4.69) is 45.0 Å². The van der Waals surface area contributed by atoms with E-state index in [1.165, 1.54) is 7.11 Å². The van der Waals surface area contributed by atoms with Crippen molar-refractivity contribution in [3.05, 3.63) is 90.5 Å². The van der Waals surface area contributed by atoms with Crippen LogP contribution >= 0.6 is 0 Å². The highest BCUT2D eigenvalue weighted by Crippen LogP contribution is 2.48. The van der Waals surface area contributed by atoms with Crippen molar-refractivity contribution in [2.45, 2.75) is 43.9 Å². The lowest BCUT2D eigenvalue weighted by Gasteiger charge is -2.48. The quantitative estimate of drug-likeness (QED) is 0.264. The first-order valence-corrected chi connectivity index (χ1v) is 15.3. The van der Waals surface area contributed by atoms with Crippen molar-refractivity contribution in [2.24, 2.45) is 5.92 Å². The Balaban J connectivity index is 1.73. The lowest BCUT2D eigenvalue weighted by Crippen LogP contribution is -2.69. The van der Waals surface area contributed by atoms with Crippen LogP contribution in [0.2, 0.25) is 5.04 Å². The van der Waals surface area contributed by atoms with E-state index in [9.17, 15) is 9.90 Å². The van der Waals surface area contributed by atoms with Gasteiger partial charge in [-0.15, -0.1) is 0 Å². The molecule has 0 fully saturated rings. The highest BCUT2D eigenvalue weighted by atomic mass is 28.4. The molecular formula is C32H36O7Si. The van der Waals surface area contributed by atoms with Gasteiger partial charge in [-0.3, -0.25) is 4.79 Å². The van der Waals surface area contributed by atoms with Gasteiger partial charge in [0.25, 0.3) is 8.32 Å². The van der Waals surface area contributed by atoms with E-state index >= 15 is 0 Å². The molecule has 1 N–H and O–H groups in total. The average Bonchev–Trinajstić information content (AvgIpc) is 3.44. The van der Waals surface area contributed by atoms with Gasteiger partial charge in [0.05, 0.1) is 32.3 Å². The minimum Gasteiger partial charge on any atom is -0.493 e. The molecule has 0 aromatic heterocycles. The molecule has 0 amide bonds. The fraction of sp³-hybridized carbons (Fsp3) is 0.344. The van der Waals surface area contributed by atoms with Crippen LogP contribution in [0.3, 0.4) is 0 Å². The number of hydrogen-bond acceptors (Lipinski definition) is 7. The maximum absolute atomic E-state index is 13.2. The summed E-state index contributed by atoms with van der Waals surface area (Å²) in [5, 5.41) is 13.4. The molecule has 210 valence electrons. The second-order valence-corrected chi connectivity index (χ2v) is 15.4. The number of ether oxygens (including phenoxy) is 4. The van der Waals surface area contributed by atoms with Crippen molar-refractivity contribution >= 4 is 24.7 Å². The number of hydrogen-bond donors (Lipinski definition) is 1. The zero-order valence-electron chi connectivity index (χ0n) is 23.5. The van der Waals surface area contributed by atoms with Gasteiger partial charge in [-0.25, -0.2) is 0 Å². The summed E-state index contributed by atoms with van der Waals surface area (Å²) in [6.45, 7) is 6.62. The largest absolute Gasteiger partial charge is 0.493 e. The Labute approximate surface area is 236 Å². The Hall–Kier alpha value is -3.59. The molecule has 3 aromatic rings. The molecule has 2 aliphatic rings. The van der Waals surface area contributed by atoms with Crippen LogP contribution in [0.4, 0.5) is 0 Å². The van der Waals surface area contributed by atoms with Crippen LogP contribution in [-0.4, -0.2) is 52.6 Å². The minimum atomic E-state index is -3.10. The standard InChI is InChI=1S/C32H36O7Si/c1-32(2,3)40(22-12-8-6-9-13-22,23-14-10-7-11-15-23)39-29-25(33)17-16-24(31(34)36-5)28(29)21-18-26(35-4)30-27(19-21)37-20-38-30/h6-19,24-25,28-29,33H,20H2,1-5H3/t24-,25+,28+,29+/m0/s1. The molecule has 0 radical (unpaired) electrons. The van der Waals surface area contributed by atoms with Crippen LogP contribution in [0.1, 0.15) is 32.3 Å². The van der Waals surface area contributed by atoms with Gasteiger partial charge in [0.1, 0.15) is 0 Å². The number of carbonyl (C=O) groups is 1. The number of carbonyl (C=O) groups excluding carboxylic acids is 1. The highest BCUT2D eigenvalue weighted by Gasteiger charge is 2.55. The van der Waals surface area contributed by atoms with Crippen molar-refractivity contribution in [2.75, 3.05) is 21.0 Å². The zero-order chi connectivity index (χ0) is 28.5. The molecule has 7 nitrogen and oxygen atoms in total. The van der Waals surface area contributed by atoms with E-state index in [-0.39, 0.29) is 11.8 Å². The summed E-state index contributed by atoms with van der Waals surface area (Å²) in [7, 11) is -0.171. The number of rotatable bonds is 7. The van der Waals surface area contributed by atoms with E-state index < -0.39 is 38.3 Å². The number of aliphatic hydroxyl groups is 1. The van der Waals surface area contributed by atoms with Gasteiger partial charge < -0.3 is 28.5 Å². The molecule has 3 aromatic carbocycles. The maximum atomic E-state index is 13.2. The predicted molar refractivity (Wildman–Crippen MR) is 155 cm³/mol.